The standard InChI is InChI=1S/C15H22O6/c1-9(10(2)16)7-13-5-6-14(20-12(4)18)15(21-13)8-19-11(3)17/h5-6,9,13-15H,7-8H2,1-4H3/t9-,13+,14+,15-/m1/s1. The molecule has 4 atom stereocenters. The summed E-state index contributed by atoms with van der Waals surface area (Å²) < 4.78 is 15.8. The van der Waals surface area contributed by atoms with Crippen molar-refractivity contribution in [3.63, 3.8) is 0 Å². The van der Waals surface area contributed by atoms with Gasteiger partial charge in [0, 0.05) is 19.8 Å². The molecule has 0 saturated heterocycles. The molecule has 1 aliphatic rings. The zero-order chi connectivity index (χ0) is 16.0. The molecule has 0 bridgehead atoms. The first kappa shape index (κ1) is 17.4. The Labute approximate surface area is 124 Å². The normalized spacial score (nSPS) is 26.0. The summed E-state index contributed by atoms with van der Waals surface area (Å²) in [7, 11) is 0. The molecule has 0 unspecified atom stereocenters. The lowest BCUT2D eigenvalue weighted by atomic mass is 9.97. The van der Waals surface area contributed by atoms with E-state index in [4.69, 9.17) is 14.2 Å². The van der Waals surface area contributed by atoms with Gasteiger partial charge in [0.25, 0.3) is 0 Å². The van der Waals surface area contributed by atoms with Crippen LogP contribution in [0.25, 0.3) is 0 Å². The van der Waals surface area contributed by atoms with Gasteiger partial charge >= 0.3 is 11.9 Å². The van der Waals surface area contributed by atoms with Crippen molar-refractivity contribution >= 4 is 17.7 Å². The fourth-order valence-corrected chi connectivity index (χ4v) is 1.99. The number of hydrogen-bond acceptors (Lipinski definition) is 6. The summed E-state index contributed by atoms with van der Waals surface area (Å²) in [6.45, 7) is 5.98. The van der Waals surface area contributed by atoms with E-state index >= 15 is 0 Å². The molecule has 1 heterocycles. The Kier molecular flexibility index (Phi) is 6.55. The molecule has 6 nitrogen and oxygen atoms in total. The summed E-state index contributed by atoms with van der Waals surface area (Å²) in [5.74, 6) is -0.898. The molecule has 0 aromatic heterocycles. The van der Waals surface area contributed by atoms with Gasteiger partial charge in [-0.25, -0.2) is 0 Å². The maximum atomic E-state index is 11.3. The van der Waals surface area contributed by atoms with Crippen LogP contribution in [0.2, 0.25) is 0 Å². The number of hydrogen-bond donors (Lipinski definition) is 0. The highest BCUT2D eigenvalue weighted by atomic mass is 16.6. The van der Waals surface area contributed by atoms with Gasteiger partial charge in [-0.3, -0.25) is 14.4 Å². The van der Waals surface area contributed by atoms with E-state index in [1.165, 1.54) is 20.8 Å². The predicted molar refractivity (Wildman–Crippen MR) is 74.5 cm³/mol. The first-order chi connectivity index (χ1) is 9.79. The summed E-state index contributed by atoms with van der Waals surface area (Å²) in [5, 5.41) is 0. The second kappa shape index (κ2) is 7.93. The van der Waals surface area contributed by atoms with Crippen LogP contribution < -0.4 is 0 Å². The quantitative estimate of drug-likeness (QED) is 0.545. The van der Waals surface area contributed by atoms with Crippen molar-refractivity contribution in [1.82, 2.24) is 0 Å². The van der Waals surface area contributed by atoms with Crippen molar-refractivity contribution in [1.29, 1.82) is 0 Å². The van der Waals surface area contributed by atoms with Crippen LogP contribution in [-0.2, 0) is 28.6 Å². The lowest BCUT2D eigenvalue weighted by Gasteiger charge is -2.32. The predicted octanol–water partition coefficient (Wildman–Crippen LogP) is 1.42. The molecule has 0 amide bonds. The maximum absolute atomic E-state index is 11.3. The molecule has 0 N–H and O–H groups in total. The smallest absolute Gasteiger partial charge is 0.303 e. The van der Waals surface area contributed by atoms with E-state index in [-0.39, 0.29) is 24.4 Å². The average molecular weight is 298 g/mol. The molecule has 0 radical (unpaired) electrons. The molecule has 21 heavy (non-hydrogen) atoms. The highest BCUT2D eigenvalue weighted by Crippen LogP contribution is 2.22. The molecule has 118 valence electrons. The second-order valence-electron chi connectivity index (χ2n) is 5.22. The third-order valence-corrected chi connectivity index (χ3v) is 3.26. The first-order valence-corrected chi connectivity index (χ1v) is 6.94. The Morgan fingerprint density at radius 2 is 1.81 bits per heavy atom. The van der Waals surface area contributed by atoms with Crippen molar-refractivity contribution in [2.45, 2.75) is 52.4 Å². The van der Waals surface area contributed by atoms with Crippen molar-refractivity contribution < 1.29 is 28.6 Å². The largest absolute Gasteiger partial charge is 0.463 e. The van der Waals surface area contributed by atoms with E-state index in [9.17, 15) is 14.4 Å². The molecule has 1 aliphatic heterocycles. The highest BCUT2D eigenvalue weighted by molar-refractivity contribution is 5.77. The minimum Gasteiger partial charge on any atom is -0.463 e. The molecular weight excluding hydrogens is 276 g/mol. The van der Waals surface area contributed by atoms with Gasteiger partial charge in [0.2, 0.25) is 0 Å². The summed E-state index contributed by atoms with van der Waals surface area (Å²) >= 11 is 0. The van der Waals surface area contributed by atoms with Gasteiger partial charge < -0.3 is 14.2 Å². The number of carbonyl (C=O) groups excluding carboxylic acids is 3. The number of Topliss-reactive ketones (excluding diaryl/α,β-unsaturated/α-hetero) is 1. The topological polar surface area (TPSA) is 78.9 Å². The summed E-state index contributed by atoms with van der Waals surface area (Å²) in [5.41, 5.74) is 0. The minimum absolute atomic E-state index is 0.00255. The molecular formula is C15H22O6. The Bertz CT molecular complexity index is 428. The van der Waals surface area contributed by atoms with Gasteiger partial charge in [-0.05, 0) is 19.4 Å². The van der Waals surface area contributed by atoms with Crippen molar-refractivity contribution in [3.05, 3.63) is 12.2 Å². The van der Waals surface area contributed by atoms with Gasteiger partial charge in [-0.1, -0.05) is 13.0 Å². The number of ether oxygens (including phenoxy) is 3. The van der Waals surface area contributed by atoms with Crippen LogP contribution in [0.15, 0.2) is 12.2 Å². The molecule has 0 fully saturated rings. The van der Waals surface area contributed by atoms with Crippen LogP contribution in [0.5, 0.6) is 0 Å². The fourth-order valence-electron chi connectivity index (χ4n) is 1.99. The fraction of sp³-hybridized carbons (Fsp3) is 0.667. The van der Waals surface area contributed by atoms with Crippen molar-refractivity contribution in [2.75, 3.05) is 6.61 Å². The van der Waals surface area contributed by atoms with E-state index in [0.29, 0.717) is 6.42 Å². The Morgan fingerprint density at radius 1 is 1.14 bits per heavy atom. The van der Waals surface area contributed by atoms with Crippen molar-refractivity contribution in [3.8, 4) is 0 Å². The number of esters is 2. The average Bonchev–Trinajstić information content (AvgIpc) is 2.37. The molecule has 0 aromatic rings. The Balaban J connectivity index is 2.70. The third-order valence-electron chi connectivity index (χ3n) is 3.26. The second-order valence-corrected chi connectivity index (χ2v) is 5.22. The molecule has 0 saturated carbocycles. The lowest BCUT2D eigenvalue weighted by Crippen LogP contribution is -2.42. The number of ketones is 1. The van der Waals surface area contributed by atoms with Crippen LogP contribution >= 0.6 is 0 Å². The molecule has 6 heteroatoms. The van der Waals surface area contributed by atoms with Crippen LogP contribution in [-0.4, -0.2) is 42.6 Å². The summed E-state index contributed by atoms with van der Waals surface area (Å²) in [4.78, 5) is 33.3. The molecule has 0 spiro atoms. The van der Waals surface area contributed by atoms with E-state index < -0.39 is 24.1 Å². The molecule has 0 aromatic carbocycles. The molecule has 1 rings (SSSR count). The van der Waals surface area contributed by atoms with E-state index in [1.54, 1.807) is 12.2 Å². The summed E-state index contributed by atoms with van der Waals surface area (Å²) in [6, 6.07) is 0. The zero-order valence-electron chi connectivity index (χ0n) is 12.8. The van der Waals surface area contributed by atoms with Gasteiger partial charge in [-0.15, -0.1) is 0 Å². The van der Waals surface area contributed by atoms with E-state index in [0.717, 1.165) is 0 Å². The van der Waals surface area contributed by atoms with Crippen LogP contribution in [0, 0.1) is 5.92 Å². The SMILES string of the molecule is CC(=O)OC[C@H]1O[C@H](C[C@@H](C)C(C)=O)C=C[C@@H]1OC(C)=O. The van der Waals surface area contributed by atoms with E-state index in [2.05, 4.69) is 0 Å². The summed E-state index contributed by atoms with van der Waals surface area (Å²) in [6.07, 6.45) is 2.61. The van der Waals surface area contributed by atoms with Crippen LogP contribution in [0.4, 0.5) is 0 Å². The Morgan fingerprint density at radius 3 is 2.33 bits per heavy atom. The minimum atomic E-state index is -0.592. The highest BCUT2D eigenvalue weighted by Gasteiger charge is 2.31. The van der Waals surface area contributed by atoms with Crippen molar-refractivity contribution in [2.24, 2.45) is 5.92 Å². The third kappa shape index (κ3) is 6.08. The van der Waals surface area contributed by atoms with Crippen LogP contribution in [0.1, 0.15) is 34.1 Å². The first-order valence-electron chi connectivity index (χ1n) is 6.94. The monoisotopic (exact) mass is 298 g/mol. The van der Waals surface area contributed by atoms with Gasteiger partial charge in [-0.2, -0.15) is 0 Å². The lowest BCUT2D eigenvalue weighted by molar-refractivity contribution is -0.164. The Hall–Kier alpha value is -1.69. The van der Waals surface area contributed by atoms with Crippen LogP contribution in [0.3, 0.4) is 0 Å². The van der Waals surface area contributed by atoms with Gasteiger partial charge in [0.15, 0.2) is 0 Å². The number of rotatable bonds is 6. The van der Waals surface area contributed by atoms with Gasteiger partial charge in [0.1, 0.15) is 24.6 Å². The zero-order valence-corrected chi connectivity index (χ0v) is 12.8. The van der Waals surface area contributed by atoms with Gasteiger partial charge in [0.05, 0.1) is 6.10 Å². The molecule has 0 aliphatic carbocycles. The number of carbonyl (C=O) groups is 3. The van der Waals surface area contributed by atoms with E-state index in [1.807, 2.05) is 6.92 Å². The maximum Gasteiger partial charge on any atom is 0.303 e.